The maximum atomic E-state index is 11.7. The number of nitrogens with zero attached hydrogens (tertiary/aromatic N) is 4. The maximum Gasteiger partial charge on any atom is 0.291 e. The van der Waals surface area contributed by atoms with Gasteiger partial charge >= 0.3 is 0 Å². The van der Waals surface area contributed by atoms with Crippen molar-refractivity contribution < 1.29 is 8.42 Å². The van der Waals surface area contributed by atoms with Gasteiger partial charge in [-0.25, -0.2) is 9.97 Å². The molecule has 0 saturated carbocycles. The minimum Gasteiger partial charge on any atom is -0.374 e. The first kappa shape index (κ1) is 10.7. The van der Waals surface area contributed by atoms with Crippen LogP contribution in [0.15, 0.2) is 23.1 Å². The standard InChI is InChI=1S/C6H6N6O2S2/c7-5-10-11-6(15-5)16(13,14)12-4-1-8-3-9-2-4/h1-3,12H,(H2,7,10). The van der Waals surface area contributed by atoms with Crippen LogP contribution in [-0.4, -0.2) is 28.6 Å². The van der Waals surface area contributed by atoms with Crippen molar-refractivity contribution in [3.8, 4) is 0 Å². The van der Waals surface area contributed by atoms with Crippen molar-refractivity contribution in [1.29, 1.82) is 0 Å². The van der Waals surface area contributed by atoms with Crippen molar-refractivity contribution in [2.75, 3.05) is 10.5 Å². The van der Waals surface area contributed by atoms with E-state index < -0.39 is 10.0 Å². The lowest BCUT2D eigenvalue weighted by atomic mass is 10.6. The zero-order valence-electron chi connectivity index (χ0n) is 7.73. The summed E-state index contributed by atoms with van der Waals surface area (Å²) in [5.41, 5.74) is 5.54. The lowest BCUT2D eigenvalue weighted by molar-refractivity contribution is 0.599. The summed E-state index contributed by atoms with van der Waals surface area (Å²) in [5.74, 6) is 0. The third-order valence-electron chi connectivity index (χ3n) is 1.46. The number of sulfonamides is 1. The lowest BCUT2D eigenvalue weighted by Crippen LogP contribution is -2.13. The number of nitrogens with one attached hydrogen (secondary N) is 1. The van der Waals surface area contributed by atoms with Crippen molar-refractivity contribution >= 4 is 32.2 Å². The Balaban J connectivity index is 2.28. The van der Waals surface area contributed by atoms with Gasteiger partial charge in [-0.2, -0.15) is 8.42 Å². The summed E-state index contributed by atoms with van der Waals surface area (Å²) in [5, 5.41) is 6.94. The van der Waals surface area contributed by atoms with Gasteiger partial charge in [-0.3, -0.25) is 4.72 Å². The molecule has 0 aliphatic rings. The van der Waals surface area contributed by atoms with Crippen molar-refractivity contribution in [2.45, 2.75) is 4.34 Å². The van der Waals surface area contributed by atoms with Crippen LogP contribution in [0.5, 0.6) is 0 Å². The van der Waals surface area contributed by atoms with Crippen LogP contribution in [0.3, 0.4) is 0 Å². The molecule has 84 valence electrons. The average Bonchev–Trinajstić information content (AvgIpc) is 2.66. The van der Waals surface area contributed by atoms with Crippen molar-refractivity contribution in [1.82, 2.24) is 20.2 Å². The fourth-order valence-electron chi connectivity index (χ4n) is 0.880. The van der Waals surface area contributed by atoms with Crippen LogP contribution < -0.4 is 10.5 Å². The normalized spacial score (nSPS) is 11.2. The van der Waals surface area contributed by atoms with Gasteiger partial charge in [0.05, 0.1) is 18.1 Å². The first-order chi connectivity index (χ1) is 7.58. The predicted molar refractivity (Wildman–Crippen MR) is 57.2 cm³/mol. The van der Waals surface area contributed by atoms with E-state index in [0.717, 1.165) is 11.3 Å². The Hall–Kier alpha value is -1.81. The van der Waals surface area contributed by atoms with Gasteiger partial charge in [0.15, 0.2) is 0 Å². The van der Waals surface area contributed by atoms with Gasteiger partial charge in [-0.1, -0.05) is 11.3 Å². The molecule has 0 fully saturated rings. The molecule has 3 N–H and O–H groups in total. The third kappa shape index (κ3) is 2.23. The topological polar surface area (TPSA) is 124 Å². The van der Waals surface area contributed by atoms with Crippen LogP contribution in [0.1, 0.15) is 0 Å². The van der Waals surface area contributed by atoms with E-state index in [1.165, 1.54) is 18.7 Å². The van der Waals surface area contributed by atoms with E-state index in [4.69, 9.17) is 5.73 Å². The zero-order chi connectivity index (χ0) is 11.6. The summed E-state index contributed by atoms with van der Waals surface area (Å²) in [6.07, 6.45) is 3.95. The summed E-state index contributed by atoms with van der Waals surface area (Å²) in [6, 6.07) is 0. The van der Waals surface area contributed by atoms with E-state index in [9.17, 15) is 8.42 Å². The van der Waals surface area contributed by atoms with Crippen molar-refractivity contribution in [3.05, 3.63) is 18.7 Å². The molecule has 0 aliphatic carbocycles. The molecule has 2 aromatic rings. The third-order valence-corrected chi connectivity index (χ3v) is 3.97. The number of aromatic nitrogens is 4. The van der Waals surface area contributed by atoms with E-state index in [0.29, 0.717) is 0 Å². The van der Waals surface area contributed by atoms with Crippen molar-refractivity contribution in [2.24, 2.45) is 0 Å². The summed E-state index contributed by atoms with van der Waals surface area (Å²) in [7, 11) is -3.76. The summed E-state index contributed by atoms with van der Waals surface area (Å²) >= 11 is 0.778. The Morgan fingerprint density at radius 3 is 2.50 bits per heavy atom. The van der Waals surface area contributed by atoms with Crippen LogP contribution in [-0.2, 0) is 10.0 Å². The minimum absolute atomic E-state index is 0.0877. The van der Waals surface area contributed by atoms with Gasteiger partial charge in [0, 0.05) is 0 Å². The maximum absolute atomic E-state index is 11.7. The fourth-order valence-corrected chi connectivity index (χ4v) is 2.69. The van der Waals surface area contributed by atoms with Gasteiger partial charge in [-0.05, 0) is 0 Å². The number of hydrogen-bond donors (Lipinski definition) is 2. The molecule has 0 bridgehead atoms. The van der Waals surface area contributed by atoms with Crippen LogP contribution in [0.4, 0.5) is 10.8 Å². The molecule has 0 atom stereocenters. The summed E-state index contributed by atoms with van der Waals surface area (Å²) < 4.78 is 25.4. The molecule has 2 aromatic heterocycles. The Labute approximate surface area is 94.6 Å². The largest absolute Gasteiger partial charge is 0.374 e. The molecule has 10 heteroatoms. The summed E-state index contributed by atoms with van der Waals surface area (Å²) in [4.78, 5) is 7.34. The predicted octanol–water partition coefficient (Wildman–Crippen LogP) is -0.289. The zero-order valence-corrected chi connectivity index (χ0v) is 9.36. The van der Waals surface area contributed by atoms with Crippen LogP contribution >= 0.6 is 11.3 Å². The Morgan fingerprint density at radius 1 is 1.25 bits per heavy atom. The number of anilines is 2. The van der Waals surface area contributed by atoms with E-state index >= 15 is 0 Å². The second-order valence-electron chi connectivity index (χ2n) is 2.64. The number of nitrogen functional groups attached to an aromatic ring is 1. The van der Waals surface area contributed by atoms with E-state index in [1.54, 1.807) is 0 Å². The molecule has 8 nitrogen and oxygen atoms in total. The molecule has 0 saturated heterocycles. The van der Waals surface area contributed by atoms with E-state index in [-0.39, 0.29) is 15.2 Å². The van der Waals surface area contributed by atoms with Gasteiger partial charge < -0.3 is 5.73 Å². The van der Waals surface area contributed by atoms with Gasteiger partial charge in [0.25, 0.3) is 14.4 Å². The molecule has 0 amide bonds. The van der Waals surface area contributed by atoms with E-state index in [2.05, 4.69) is 24.9 Å². The second kappa shape index (κ2) is 3.98. The molecule has 2 rings (SSSR count). The molecular weight excluding hydrogens is 252 g/mol. The molecule has 0 spiro atoms. The molecule has 16 heavy (non-hydrogen) atoms. The Bertz CT molecular complexity index is 580. The smallest absolute Gasteiger partial charge is 0.291 e. The first-order valence-corrected chi connectivity index (χ1v) is 6.25. The molecule has 0 unspecified atom stereocenters. The van der Waals surface area contributed by atoms with Crippen LogP contribution in [0.2, 0.25) is 0 Å². The van der Waals surface area contributed by atoms with Gasteiger partial charge in [-0.15, -0.1) is 10.2 Å². The second-order valence-corrected chi connectivity index (χ2v) is 5.50. The highest BCUT2D eigenvalue weighted by Crippen LogP contribution is 2.19. The SMILES string of the molecule is Nc1nnc(S(=O)(=O)Nc2cncnc2)s1. The number of rotatable bonds is 3. The molecular formula is C6H6N6O2S2. The highest BCUT2D eigenvalue weighted by Gasteiger charge is 2.19. The number of hydrogen-bond acceptors (Lipinski definition) is 8. The van der Waals surface area contributed by atoms with Crippen molar-refractivity contribution in [3.63, 3.8) is 0 Å². The fraction of sp³-hybridized carbons (Fsp3) is 0. The molecule has 2 heterocycles. The number of nitrogens with two attached hydrogens (primary N) is 1. The monoisotopic (exact) mass is 258 g/mol. The lowest BCUT2D eigenvalue weighted by Gasteiger charge is -2.02. The van der Waals surface area contributed by atoms with Crippen LogP contribution in [0, 0.1) is 0 Å². The Morgan fingerprint density at radius 2 is 1.94 bits per heavy atom. The Kier molecular flexibility index (Phi) is 2.66. The first-order valence-electron chi connectivity index (χ1n) is 3.95. The van der Waals surface area contributed by atoms with E-state index in [1.807, 2.05) is 0 Å². The van der Waals surface area contributed by atoms with Gasteiger partial charge in [0.1, 0.15) is 6.33 Å². The molecule has 0 radical (unpaired) electrons. The quantitative estimate of drug-likeness (QED) is 0.775. The van der Waals surface area contributed by atoms with Gasteiger partial charge in [0.2, 0.25) is 5.13 Å². The van der Waals surface area contributed by atoms with Crippen LogP contribution in [0.25, 0.3) is 0 Å². The average molecular weight is 258 g/mol. The molecule has 0 aliphatic heterocycles. The summed E-state index contributed by atoms with van der Waals surface area (Å²) in [6.45, 7) is 0. The molecule has 0 aromatic carbocycles. The minimum atomic E-state index is -3.76. The highest BCUT2D eigenvalue weighted by atomic mass is 32.2. The highest BCUT2D eigenvalue weighted by molar-refractivity contribution is 7.94.